The van der Waals surface area contributed by atoms with E-state index in [0.29, 0.717) is 17.9 Å². The number of amides is 1. The van der Waals surface area contributed by atoms with Crippen LogP contribution in [0, 0.1) is 5.82 Å². The van der Waals surface area contributed by atoms with Crippen LogP contribution in [0.25, 0.3) is 22.2 Å². The Morgan fingerprint density at radius 3 is 2.92 bits per heavy atom. The van der Waals surface area contributed by atoms with E-state index in [1.165, 1.54) is 12.1 Å². The first kappa shape index (κ1) is 15.8. The third kappa shape index (κ3) is 2.90. The molecule has 5 heteroatoms. The maximum atomic E-state index is 13.5. The van der Waals surface area contributed by atoms with E-state index < -0.39 is 0 Å². The smallest absolute Gasteiger partial charge is 0.222 e. The van der Waals surface area contributed by atoms with Gasteiger partial charge in [-0.1, -0.05) is 25.1 Å². The summed E-state index contributed by atoms with van der Waals surface area (Å²) in [4.78, 5) is 18.6. The van der Waals surface area contributed by atoms with Crippen LogP contribution in [-0.2, 0) is 4.79 Å². The largest absolute Gasteiger partial charge is 0.438 e. The van der Waals surface area contributed by atoms with Crippen LogP contribution in [0.1, 0.15) is 38.1 Å². The van der Waals surface area contributed by atoms with Gasteiger partial charge in [-0.05, 0) is 48.2 Å². The summed E-state index contributed by atoms with van der Waals surface area (Å²) in [5.74, 6) is 0.453. The van der Waals surface area contributed by atoms with Gasteiger partial charge in [-0.3, -0.25) is 4.79 Å². The molecule has 0 N–H and O–H groups in total. The molecule has 1 fully saturated rings. The zero-order valence-corrected chi connectivity index (χ0v) is 14.0. The Morgan fingerprint density at radius 2 is 2.12 bits per heavy atom. The van der Waals surface area contributed by atoms with E-state index in [4.69, 9.17) is 4.42 Å². The fourth-order valence-electron chi connectivity index (χ4n) is 3.46. The van der Waals surface area contributed by atoms with Gasteiger partial charge >= 0.3 is 0 Å². The van der Waals surface area contributed by atoms with Crippen LogP contribution < -0.4 is 0 Å². The second-order valence-corrected chi connectivity index (χ2v) is 6.34. The van der Waals surface area contributed by atoms with Gasteiger partial charge in [0.05, 0.1) is 0 Å². The highest BCUT2D eigenvalue weighted by molar-refractivity contribution is 5.81. The Bertz CT molecular complexity index is 934. The third-order valence-corrected chi connectivity index (χ3v) is 4.72. The number of aromatic nitrogens is 1. The average molecular weight is 338 g/mol. The first-order chi connectivity index (χ1) is 12.2. The van der Waals surface area contributed by atoms with Crippen molar-refractivity contribution in [3.05, 3.63) is 54.2 Å². The molecule has 0 unspecified atom stereocenters. The second-order valence-electron chi connectivity index (χ2n) is 6.34. The number of carbonyl (C=O) groups is 1. The summed E-state index contributed by atoms with van der Waals surface area (Å²) in [5, 5.41) is 0. The van der Waals surface area contributed by atoms with Gasteiger partial charge in [-0.15, -0.1) is 0 Å². The predicted molar refractivity (Wildman–Crippen MR) is 93.4 cm³/mol. The number of hydrogen-bond donors (Lipinski definition) is 0. The molecule has 1 aromatic heterocycles. The van der Waals surface area contributed by atoms with Gasteiger partial charge in [0.2, 0.25) is 11.8 Å². The Morgan fingerprint density at radius 1 is 1.28 bits per heavy atom. The van der Waals surface area contributed by atoms with Crippen molar-refractivity contribution in [3.63, 3.8) is 0 Å². The van der Waals surface area contributed by atoms with Crippen molar-refractivity contribution in [3.8, 4) is 11.1 Å². The van der Waals surface area contributed by atoms with E-state index in [2.05, 4.69) is 4.98 Å². The van der Waals surface area contributed by atoms with Gasteiger partial charge in [-0.2, -0.15) is 0 Å². The highest BCUT2D eigenvalue weighted by Crippen LogP contribution is 2.34. The van der Waals surface area contributed by atoms with Crippen LogP contribution in [-0.4, -0.2) is 22.3 Å². The molecule has 4 rings (SSSR count). The van der Waals surface area contributed by atoms with E-state index in [1.54, 1.807) is 6.07 Å². The average Bonchev–Trinajstić information content (AvgIpc) is 3.26. The Labute approximate surface area is 145 Å². The number of rotatable bonds is 3. The normalized spacial score (nSPS) is 17.4. The van der Waals surface area contributed by atoms with Gasteiger partial charge in [-0.25, -0.2) is 9.37 Å². The quantitative estimate of drug-likeness (QED) is 0.695. The zero-order valence-electron chi connectivity index (χ0n) is 14.0. The lowest BCUT2D eigenvalue weighted by atomic mass is 10.1. The van der Waals surface area contributed by atoms with Gasteiger partial charge in [0.25, 0.3) is 0 Å². The summed E-state index contributed by atoms with van der Waals surface area (Å²) in [5.41, 5.74) is 3.10. The second kappa shape index (κ2) is 6.31. The molecule has 1 atom stereocenters. The van der Waals surface area contributed by atoms with Crippen LogP contribution >= 0.6 is 0 Å². The van der Waals surface area contributed by atoms with Crippen molar-refractivity contribution < 1.29 is 13.6 Å². The highest BCUT2D eigenvalue weighted by Gasteiger charge is 2.32. The van der Waals surface area contributed by atoms with Crippen LogP contribution in [0.5, 0.6) is 0 Å². The number of halogens is 1. The van der Waals surface area contributed by atoms with Gasteiger partial charge in [0.15, 0.2) is 5.58 Å². The minimum absolute atomic E-state index is 0.0857. The molecule has 1 aliphatic rings. The number of likely N-dealkylation sites (tertiary alicyclic amines) is 1. The maximum Gasteiger partial charge on any atom is 0.222 e. The molecular formula is C20H19FN2O2. The molecule has 3 aromatic rings. The molecule has 1 aliphatic heterocycles. The summed E-state index contributed by atoms with van der Waals surface area (Å²) in [6.07, 6.45) is 2.32. The van der Waals surface area contributed by atoms with Crippen LogP contribution in [0.4, 0.5) is 4.39 Å². The molecule has 1 amide bonds. The van der Waals surface area contributed by atoms with E-state index in [-0.39, 0.29) is 17.8 Å². The van der Waals surface area contributed by atoms with Crippen molar-refractivity contribution in [2.24, 2.45) is 0 Å². The summed E-state index contributed by atoms with van der Waals surface area (Å²) in [7, 11) is 0. The third-order valence-electron chi connectivity index (χ3n) is 4.72. The molecule has 1 saturated heterocycles. The topological polar surface area (TPSA) is 46.3 Å². The molecule has 2 heterocycles. The Balaban J connectivity index is 1.70. The number of carbonyl (C=O) groups excluding carboxylic acids is 1. The summed E-state index contributed by atoms with van der Waals surface area (Å²) in [6, 6.07) is 12.1. The molecule has 0 radical (unpaired) electrons. The van der Waals surface area contributed by atoms with Gasteiger partial charge in [0, 0.05) is 13.0 Å². The van der Waals surface area contributed by atoms with E-state index in [0.717, 1.165) is 36.0 Å². The fraction of sp³-hybridized carbons (Fsp3) is 0.300. The number of nitrogens with zero attached hydrogens (tertiary/aromatic N) is 2. The summed E-state index contributed by atoms with van der Waals surface area (Å²) >= 11 is 0. The highest BCUT2D eigenvalue weighted by atomic mass is 19.1. The minimum atomic E-state index is -0.266. The molecule has 0 spiro atoms. The standard InChI is InChI=1S/C20H19FN2O2/c1-2-19(24)23-10-4-7-17(23)20-22-16-12-14(8-9-18(16)25-20)13-5-3-6-15(21)11-13/h3,5-6,8-9,11-12,17H,2,4,7,10H2,1H3/t17-/m0/s1. The summed E-state index contributed by atoms with van der Waals surface area (Å²) in [6.45, 7) is 2.62. The Hall–Kier alpha value is -2.69. The monoisotopic (exact) mass is 338 g/mol. The molecule has 0 saturated carbocycles. The van der Waals surface area contributed by atoms with Crippen molar-refractivity contribution in [2.75, 3.05) is 6.54 Å². The molecule has 0 aliphatic carbocycles. The maximum absolute atomic E-state index is 13.5. The van der Waals surface area contributed by atoms with Gasteiger partial charge in [0.1, 0.15) is 17.4 Å². The predicted octanol–water partition coefficient (Wildman–Crippen LogP) is 4.71. The lowest BCUT2D eigenvalue weighted by molar-refractivity contribution is -0.132. The van der Waals surface area contributed by atoms with Crippen LogP contribution in [0.3, 0.4) is 0 Å². The lowest BCUT2D eigenvalue weighted by Crippen LogP contribution is -2.29. The number of oxazole rings is 1. The first-order valence-corrected chi connectivity index (χ1v) is 8.61. The molecule has 25 heavy (non-hydrogen) atoms. The molecule has 4 nitrogen and oxygen atoms in total. The number of hydrogen-bond acceptors (Lipinski definition) is 3. The van der Waals surface area contributed by atoms with Crippen LogP contribution in [0.2, 0.25) is 0 Å². The molecule has 0 bridgehead atoms. The molecular weight excluding hydrogens is 319 g/mol. The molecule has 128 valence electrons. The first-order valence-electron chi connectivity index (χ1n) is 8.61. The number of fused-ring (bicyclic) bond motifs is 1. The van der Waals surface area contributed by atoms with Crippen LogP contribution in [0.15, 0.2) is 46.9 Å². The van der Waals surface area contributed by atoms with Gasteiger partial charge < -0.3 is 9.32 Å². The van der Waals surface area contributed by atoms with Crippen molar-refractivity contribution >= 4 is 17.0 Å². The SMILES string of the molecule is CCC(=O)N1CCC[C@H]1c1nc2cc(-c3cccc(F)c3)ccc2o1. The van der Waals surface area contributed by atoms with Crippen molar-refractivity contribution in [2.45, 2.75) is 32.2 Å². The number of benzene rings is 2. The summed E-state index contributed by atoms with van der Waals surface area (Å²) < 4.78 is 19.4. The Kier molecular flexibility index (Phi) is 3.99. The lowest BCUT2D eigenvalue weighted by Gasteiger charge is -2.21. The van der Waals surface area contributed by atoms with E-state index >= 15 is 0 Å². The fourth-order valence-corrected chi connectivity index (χ4v) is 3.46. The van der Waals surface area contributed by atoms with Crippen molar-refractivity contribution in [1.29, 1.82) is 0 Å². The molecule has 2 aromatic carbocycles. The van der Waals surface area contributed by atoms with E-state index in [1.807, 2.05) is 36.1 Å². The van der Waals surface area contributed by atoms with Crippen molar-refractivity contribution in [1.82, 2.24) is 9.88 Å². The minimum Gasteiger partial charge on any atom is -0.438 e. The van der Waals surface area contributed by atoms with E-state index in [9.17, 15) is 9.18 Å². The zero-order chi connectivity index (χ0) is 17.4.